The van der Waals surface area contributed by atoms with Gasteiger partial charge in [0.25, 0.3) is 6.43 Å². The van der Waals surface area contributed by atoms with Crippen molar-refractivity contribution in [3.63, 3.8) is 0 Å². The van der Waals surface area contributed by atoms with E-state index in [-0.39, 0.29) is 11.3 Å². The highest BCUT2D eigenvalue weighted by molar-refractivity contribution is 7.80. The molecule has 0 unspecified atom stereocenters. The maximum atomic E-state index is 12.4. The highest BCUT2D eigenvalue weighted by atomic mass is 32.1. The van der Waals surface area contributed by atoms with Gasteiger partial charge in [0, 0.05) is 15.7 Å². The van der Waals surface area contributed by atoms with Gasteiger partial charge in [0.2, 0.25) is 0 Å². The fraction of sp³-hybridized carbons (Fsp3) is 0.111. The number of rotatable bonds is 1. The molecule has 1 heterocycles. The minimum absolute atomic E-state index is 0.326. The first-order valence-electron chi connectivity index (χ1n) is 3.81. The zero-order valence-electron chi connectivity index (χ0n) is 6.87. The molecule has 74 valence electrons. The first kappa shape index (κ1) is 9.73. The highest BCUT2D eigenvalue weighted by Gasteiger charge is 2.16. The molecule has 1 aromatic heterocycles. The molecule has 5 heteroatoms. The predicted octanol–water partition coefficient (Wildman–Crippen LogP) is 3.83. The first-order chi connectivity index (χ1) is 6.61. The SMILES string of the molecule is Oc1c(C(F)F)ccc2c(S)csc12. The lowest BCUT2D eigenvalue weighted by Crippen LogP contribution is -1.84. The van der Waals surface area contributed by atoms with E-state index in [2.05, 4.69) is 12.6 Å². The Hall–Kier alpha value is -0.810. The van der Waals surface area contributed by atoms with Crippen molar-refractivity contribution in [3.8, 4) is 5.75 Å². The third-order valence-electron chi connectivity index (χ3n) is 1.96. The van der Waals surface area contributed by atoms with Crippen molar-refractivity contribution < 1.29 is 13.9 Å². The summed E-state index contributed by atoms with van der Waals surface area (Å²) in [6.45, 7) is 0. The molecule has 1 N–H and O–H groups in total. The summed E-state index contributed by atoms with van der Waals surface area (Å²) in [5, 5.41) is 11.9. The molecule has 0 spiro atoms. The Morgan fingerprint density at radius 2 is 2.07 bits per heavy atom. The van der Waals surface area contributed by atoms with Crippen LogP contribution in [0.1, 0.15) is 12.0 Å². The van der Waals surface area contributed by atoms with E-state index in [1.807, 2.05) is 0 Å². The van der Waals surface area contributed by atoms with Gasteiger partial charge in [-0.15, -0.1) is 24.0 Å². The summed E-state index contributed by atoms with van der Waals surface area (Å²) < 4.78 is 25.2. The number of alkyl halides is 2. The number of thiol groups is 1. The molecule has 2 aromatic rings. The largest absolute Gasteiger partial charge is 0.506 e. The molecule has 2 rings (SSSR count). The Balaban J connectivity index is 2.76. The second-order valence-electron chi connectivity index (χ2n) is 2.80. The zero-order chi connectivity index (χ0) is 10.3. The van der Waals surface area contributed by atoms with Crippen LogP contribution < -0.4 is 0 Å². The fourth-order valence-corrected chi connectivity index (χ4v) is 2.57. The fourth-order valence-electron chi connectivity index (χ4n) is 1.26. The molecule has 1 nitrogen and oxygen atoms in total. The van der Waals surface area contributed by atoms with Gasteiger partial charge in [-0.05, 0) is 6.07 Å². The summed E-state index contributed by atoms with van der Waals surface area (Å²) in [4.78, 5) is 0.695. The Bertz CT molecular complexity index is 479. The lowest BCUT2D eigenvalue weighted by molar-refractivity contribution is 0.148. The number of phenols is 1. The zero-order valence-corrected chi connectivity index (χ0v) is 8.58. The van der Waals surface area contributed by atoms with Gasteiger partial charge in [0.1, 0.15) is 5.75 Å². The summed E-state index contributed by atoms with van der Waals surface area (Å²) in [6.07, 6.45) is -2.65. The van der Waals surface area contributed by atoms with Crippen LogP contribution in [0.25, 0.3) is 10.1 Å². The number of aromatic hydroxyl groups is 1. The van der Waals surface area contributed by atoms with Crippen molar-refractivity contribution in [3.05, 3.63) is 23.1 Å². The number of thiophene rings is 1. The lowest BCUT2D eigenvalue weighted by atomic mass is 10.1. The number of halogens is 2. The number of phenolic OH excluding ortho intramolecular Hbond substituents is 1. The molecule has 0 aliphatic carbocycles. The Morgan fingerprint density at radius 1 is 1.36 bits per heavy atom. The molecule has 0 aliphatic heterocycles. The topological polar surface area (TPSA) is 20.2 Å². The molecule has 0 amide bonds. The van der Waals surface area contributed by atoms with E-state index in [9.17, 15) is 13.9 Å². The average Bonchev–Trinajstić information content (AvgIpc) is 2.49. The van der Waals surface area contributed by atoms with E-state index in [1.54, 1.807) is 11.4 Å². The van der Waals surface area contributed by atoms with Crippen LogP contribution in [-0.4, -0.2) is 5.11 Å². The van der Waals surface area contributed by atoms with Gasteiger partial charge in [0.15, 0.2) is 0 Å². The van der Waals surface area contributed by atoms with Crippen molar-refractivity contribution in [1.29, 1.82) is 0 Å². The molecular formula is C9H6F2OS2. The third-order valence-corrected chi connectivity index (χ3v) is 3.51. The molecule has 0 saturated heterocycles. The highest BCUT2D eigenvalue weighted by Crippen LogP contribution is 2.40. The molecular weight excluding hydrogens is 226 g/mol. The summed E-state index contributed by atoms with van der Waals surface area (Å²) in [6, 6.07) is 2.78. The van der Waals surface area contributed by atoms with E-state index < -0.39 is 6.43 Å². The molecule has 0 atom stereocenters. The van der Waals surface area contributed by atoms with Crippen LogP contribution in [0.4, 0.5) is 8.78 Å². The molecule has 0 saturated carbocycles. The quantitative estimate of drug-likeness (QED) is 0.716. The van der Waals surface area contributed by atoms with Crippen molar-refractivity contribution >= 4 is 34.1 Å². The van der Waals surface area contributed by atoms with E-state index in [0.717, 1.165) is 0 Å². The summed E-state index contributed by atoms with van der Waals surface area (Å²) >= 11 is 5.36. The molecule has 0 radical (unpaired) electrons. The van der Waals surface area contributed by atoms with Gasteiger partial charge in [0.05, 0.1) is 10.3 Å². The van der Waals surface area contributed by atoms with Gasteiger partial charge in [-0.25, -0.2) is 8.78 Å². The van der Waals surface area contributed by atoms with Crippen LogP contribution in [0.15, 0.2) is 22.4 Å². The Morgan fingerprint density at radius 3 is 2.71 bits per heavy atom. The van der Waals surface area contributed by atoms with Gasteiger partial charge in [-0.3, -0.25) is 0 Å². The lowest BCUT2D eigenvalue weighted by Gasteiger charge is -2.03. The molecule has 0 aliphatic rings. The van der Waals surface area contributed by atoms with Gasteiger partial charge in [-0.2, -0.15) is 0 Å². The number of benzene rings is 1. The van der Waals surface area contributed by atoms with Crippen LogP contribution in [0, 0.1) is 0 Å². The van der Waals surface area contributed by atoms with E-state index in [0.29, 0.717) is 15.0 Å². The van der Waals surface area contributed by atoms with Crippen LogP contribution >= 0.6 is 24.0 Å². The second kappa shape index (κ2) is 3.40. The minimum atomic E-state index is -2.65. The van der Waals surface area contributed by atoms with E-state index >= 15 is 0 Å². The maximum absolute atomic E-state index is 12.4. The van der Waals surface area contributed by atoms with Gasteiger partial charge >= 0.3 is 0 Å². The van der Waals surface area contributed by atoms with E-state index in [4.69, 9.17) is 0 Å². The predicted molar refractivity (Wildman–Crippen MR) is 55.7 cm³/mol. The molecule has 1 aromatic carbocycles. The number of hydrogen-bond acceptors (Lipinski definition) is 3. The summed E-state index contributed by atoms with van der Waals surface area (Å²) in [5.41, 5.74) is -0.326. The van der Waals surface area contributed by atoms with Gasteiger partial charge < -0.3 is 5.11 Å². The maximum Gasteiger partial charge on any atom is 0.267 e. The van der Waals surface area contributed by atoms with Crippen LogP contribution in [0.5, 0.6) is 5.75 Å². The monoisotopic (exact) mass is 232 g/mol. The van der Waals surface area contributed by atoms with Gasteiger partial charge in [-0.1, -0.05) is 6.07 Å². The second-order valence-corrected chi connectivity index (χ2v) is 4.16. The number of fused-ring (bicyclic) bond motifs is 1. The van der Waals surface area contributed by atoms with Crippen molar-refractivity contribution in [1.82, 2.24) is 0 Å². The summed E-state index contributed by atoms with van der Waals surface area (Å²) in [5.74, 6) is -0.331. The van der Waals surface area contributed by atoms with E-state index in [1.165, 1.54) is 17.4 Å². The van der Waals surface area contributed by atoms with Crippen molar-refractivity contribution in [2.75, 3.05) is 0 Å². The molecule has 14 heavy (non-hydrogen) atoms. The van der Waals surface area contributed by atoms with Crippen LogP contribution in [0.2, 0.25) is 0 Å². The van der Waals surface area contributed by atoms with Crippen LogP contribution in [0.3, 0.4) is 0 Å². The summed E-state index contributed by atoms with van der Waals surface area (Å²) in [7, 11) is 0. The molecule has 0 bridgehead atoms. The van der Waals surface area contributed by atoms with Crippen LogP contribution in [-0.2, 0) is 0 Å². The smallest absolute Gasteiger partial charge is 0.267 e. The Kier molecular flexibility index (Phi) is 2.36. The first-order valence-corrected chi connectivity index (χ1v) is 5.14. The normalized spacial score (nSPS) is 11.4. The Labute approximate surface area is 88.4 Å². The van der Waals surface area contributed by atoms with Crippen molar-refractivity contribution in [2.24, 2.45) is 0 Å². The minimum Gasteiger partial charge on any atom is -0.506 e. The average molecular weight is 232 g/mol. The number of hydrogen-bond donors (Lipinski definition) is 2. The van der Waals surface area contributed by atoms with Crippen molar-refractivity contribution in [2.45, 2.75) is 11.3 Å². The standard InChI is InChI=1S/C9H6F2OS2/c10-9(11)5-2-1-4-6(13)3-14-8(4)7(5)12/h1-3,9,12-13H. The molecule has 0 fully saturated rings. The third kappa shape index (κ3) is 1.36.